The summed E-state index contributed by atoms with van der Waals surface area (Å²) in [6.07, 6.45) is 6.64. The molecule has 1 unspecified atom stereocenters. The molecule has 1 aliphatic heterocycles. The molecule has 2 N–H and O–H groups in total. The van der Waals surface area contributed by atoms with Crippen molar-refractivity contribution in [2.24, 2.45) is 16.2 Å². The second-order valence-corrected chi connectivity index (χ2v) is 12.2. The molecule has 2 aromatic rings. The summed E-state index contributed by atoms with van der Waals surface area (Å²) in [4.78, 5) is 46.4. The van der Waals surface area contributed by atoms with Gasteiger partial charge in [-0.05, 0) is 48.3 Å². The number of nitrogens with zero attached hydrogens (tertiary/aromatic N) is 4. The number of likely N-dealkylation sites (tertiary alicyclic amines) is 1. The minimum atomic E-state index is -1.06. The lowest BCUT2D eigenvalue weighted by Crippen LogP contribution is -2.58. The summed E-state index contributed by atoms with van der Waals surface area (Å²) in [5.41, 5.74) is -1.20. The van der Waals surface area contributed by atoms with E-state index >= 15 is 0 Å². The molecule has 3 amide bonds. The highest BCUT2D eigenvalue weighted by atomic mass is 16.2. The molecule has 9 nitrogen and oxygen atoms in total. The number of hydrogen-bond donors (Lipinski definition) is 2. The molecule has 38 heavy (non-hydrogen) atoms. The fourth-order valence-corrected chi connectivity index (χ4v) is 5.45. The zero-order chi connectivity index (χ0) is 27.3. The van der Waals surface area contributed by atoms with Gasteiger partial charge in [-0.3, -0.25) is 19.4 Å². The van der Waals surface area contributed by atoms with Crippen molar-refractivity contribution in [3.8, 4) is 12.1 Å². The Labute approximate surface area is 222 Å². The van der Waals surface area contributed by atoms with Crippen LogP contribution in [0.4, 0.5) is 0 Å². The Morgan fingerprint density at radius 3 is 2.39 bits per heavy atom. The first-order chi connectivity index (χ1) is 18.0. The number of carbonyl (C=O) groups excluding carboxylic acids is 3. The van der Waals surface area contributed by atoms with Gasteiger partial charge in [-0.1, -0.05) is 45.0 Å². The summed E-state index contributed by atoms with van der Waals surface area (Å²) in [6, 6.07) is 9.24. The number of fused-ring (bicyclic) bond motifs is 1. The fourth-order valence-electron chi connectivity index (χ4n) is 5.45. The fraction of sp³-hybridized carbons (Fsp3) is 0.517. The molecule has 3 aliphatic rings. The average Bonchev–Trinajstić information content (AvgIpc) is 3.81. The molecule has 1 spiro atoms. The maximum Gasteiger partial charge on any atom is 0.246 e. The molecule has 9 heteroatoms. The van der Waals surface area contributed by atoms with Crippen LogP contribution in [0.5, 0.6) is 0 Å². The molecule has 0 bridgehead atoms. The Bertz CT molecular complexity index is 1380. The molecular formula is C29H32N6O3. The van der Waals surface area contributed by atoms with Gasteiger partial charge in [0.25, 0.3) is 0 Å². The number of benzene rings is 1. The lowest BCUT2D eigenvalue weighted by molar-refractivity contribution is -0.144. The molecule has 2 aliphatic carbocycles. The number of amides is 3. The van der Waals surface area contributed by atoms with Crippen LogP contribution in [0.3, 0.4) is 0 Å². The van der Waals surface area contributed by atoms with Crippen LogP contribution in [0.25, 0.3) is 10.8 Å². The number of aromatic nitrogens is 1. The van der Waals surface area contributed by atoms with Gasteiger partial charge < -0.3 is 15.5 Å². The number of nitriles is 2. The first-order valence-electron chi connectivity index (χ1n) is 13.1. The van der Waals surface area contributed by atoms with Gasteiger partial charge in [-0.15, -0.1) is 0 Å². The zero-order valence-corrected chi connectivity index (χ0v) is 22.0. The Balaban J connectivity index is 1.39. The summed E-state index contributed by atoms with van der Waals surface area (Å²) in [6.45, 7) is 6.01. The normalized spacial score (nSPS) is 22.1. The monoisotopic (exact) mass is 512 g/mol. The third-order valence-corrected chi connectivity index (χ3v) is 8.26. The van der Waals surface area contributed by atoms with Crippen molar-refractivity contribution >= 4 is 28.5 Å². The van der Waals surface area contributed by atoms with Crippen molar-refractivity contribution in [1.82, 2.24) is 20.5 Å². The number of rotatable bonds is 6. The van der Waals surface area contributed by atoms with E-state index in [1.165, 1.54) is 0 Å². The van der Waals surface area contributed by atoms with Crippen molar-refractivity contribution in [3.05, 3.63) is 42.2 Å². The van der Waals surface area contributed by atoms with Gasteiger partial charge in [-0.2, -0.15) is 10.5 Å². The van der Waals surface area contributed by atoms with Crippen LogP contribution < -0.4 is 10.6 Å². The average molecular weight is 513 g/mol. The maximum absolute atomic E-state index is 14.0. The van der Waals surface area contributed by atoms with Gasteiger partial charge in [0.05, 0.1) is 12.1 Å². The number of carbonyl (C=O) groups is 3. The molecule has 3 atom stereocenters. The van der Waals surface area contributed by atoms with Crippen LogP contribution >= 0.6 is 0 Å². The first kappa shape index (κ1) is 25.7. The number of hydrogen-bond acceptors (Lipinski definition) is 6. The van der Waals surface area contributed by atoms with E-state index in [2.05, 4.69) is 27.8 Å². The van der Waals surface area contributed by atoms with Crippen LogP contribution in [0.1, 0.15) is 64.5 Å². The van der Waals surface area contributed by atoms with Gasteiger partial charge in [0.15, 0.2) is 0 Å². The highest BCUT2D eigenvalue weighted by Gasteiger charge is 2.57. The topological polar surface area (TPSA) is 139 Å². The molecule has 2 heterocycles. The lowest BCUT2D eigenvalue weighted by Gasteiger charge is -2.36. The lowest BCUT2D eigenvalue weighted by atomic mass is 9.85. The number of nitrogens with one attached hydrogen (secondary N) is 2. The van der Waals surface area contributed by atoms with Gasteiger partial charge in [-0.25, -0.2) is 0 Å². The Kier molecular flexibility index (Phi) is 6.14. The SMILES string of the molecule is CC(C)(C)[C@H](NC(=O)C1(C#N)CC1)C(=O)N1CC2(CC2)C[C@H]1C(=O)NC(C#N)c1cncc2ccccc12. The molecule has 196 valence electrons. The third-order valence-electron chi connectivity index (χ3n) is 8.26. The minimum Gasteiger partial charge on any atom is -0.342 e. The third kappa shape index (κ3) is 4.58. The standard InChI is InChI=1S/C29H32N6O3/c1-27(2,3)23(34-26(38)29(16-31)10-11-29)25(37)35-17-28(8-9-28)12-22(35)24(36)33-21(13-30)20-15-32-14-18-6-4-5-7-19(18)20/h4-7,14-15,21-23H,8-12,17H2,1-3H3,(H,33,36)(H,34,38)/t21?,22-,23+/m0/s1. The smallest absolute Gasteiger partial charge is 0.246 e. The Hall–Kier alpha value is -3.98. The van der Waals surface area contributed by atoms with E-state index in [0.29, 0.717) is 31.4 Å². The second kappa shape index (κ2) is 9.09. The van der Waals surface area contributed by atoms with Gasteiger partial charge in [0.2, 0.25) is 17.7 Å². The zero-order valence-electron chi connectivity index (χ0n) is 22.0. The molecule has 1 saturated heterocycles. The van der Waals surface area contributed by atoms with Crippen molar-refractivity contribution in [2.45, 2.75) is 71.0 Å². The van der Waals surface area contributed by atoms with E-state index < -0.39 is 40.8 Å². The summed E-state index contributed by atoms with van der Waals surface area (Å²) >= 11 is 0. The van der Waals surface area contributed by atoms with Crippen molar-refractivity contribution in [1.29, 1.82) is 10.5 Å². The highest BCUT2D eigenvalue weighted by Crippen LogP contribution is 2.55. The van der Waals surface area contributed by atoms with Crippen LogP contribution in [0.2, 0.25) is 0 Å². The predicted molar refractivity (Wildman–Crippen MR) is 139 cm³/mol. The van der Waals surface area contributed by atoms with Gasteiger partial charge in [0, 0.05) is 29.9 Å². The molecule has 0 radical (unpaired) electrons. The molecule has 1 aromatic carbocycles. The van der Waals surface area contributed by atoms with Crippen molar-refractivity contribution in [3.63, 3.8) is 0 Å². The maximum atomic E-state index is 14.0. The first-order valence-corrected chi connectivity index (χ1v) is 13.1. The van der Waals surface area contributed by atoms with E-state index in [0.717, 1.165) is 23.6 Å². The van der Waals surface area contributed by atoms with Crippen LogP contribution in [-0.4, -0.2) is 46.2 Å². The van der Waals surface area contributed by atoms with Crippen molar-refractivity contribution < 1.29 is 14.4 Å². The van der Waals surface area contributed by atoms with Crippen molar-refractivity contribution in [2.75, 3.05) is 6.54 Å². The number of pyridine rings is 1. The van der Waals surface area contributed by atoms with Crippen LogP contribution in [0, 0.1) is 38.9 Å². The van der Waals surface area contributed by atoms with E-state index in [4.69, 9.17) is 0 Å². The highest BCUT2D eigenvalue weighted by molar-refractivity contribution is 5.96. The summed E-state index contributed by atoms with van der Waals surface area (Å²) in [5.74, 6) is -1.15. The second-order valence-electron chi connectivity index (χ2n) is 12.2. The van der Waals surface area contributed by atoms with E-state index in [1.54, 1.807) is 17.3 Å². The van der Waals surface area contributed by atoms with Gasteiger partial charge in [0.1, 0.15) is 23.5 Å². The predicted octanol–water partition coefficient (Wildman–Crippen LogP) is 3.13. The molecule has 3 fully saturated rings. The van der Waals surface area contributed by atoms with E-state index in [1.807, 2.05) is 45.0 Å². The summed E-state index contributed by atoms with van der Waals surface area (Å²) in [5, 5.41) is 26.8. The molecule has 2 saturated carbocycles. The van der Waals surface area contributed by atoms with E-state index in [-0.39, 0.29) is 11.3 Å². The molecule has 1 aromatic heterocycles. The summed E-state index contributed by atoms with van der Waals surface area (Å²) < 4.78 is 0. The quantitative estimate of drug-likeness (QED) is 0.610. The van der Waals surface area contributed by atoms with Crippen LogP contribution in [0.15, 0.2) is 36.7 Å². The minimum absolute atomic E-state index is 0.0996. The van der Waals surface area contributed by atoms with Gasteiger partial charge >= 0.3 is 0 Å². The Morgan fingerprint density at radius 2 is 1.79 bits per heavy atom. The Morgan fingerprint density at radius 1 is 1.08 bits per heavy atom. The summed E-state index contributed by atoms with van der Waals surface area (Å²) in [7, 11) is 0. The largest absolute Gasteiger partial charge is 0.342 e. The van der Waals surface area contributed by atoms with Crippen LogP contribution in [-0.2, 0) is 14.4 Å². The molecule has 5 rings (SSSR count). The molecular weight excluding hydrogens is 480 g/mol. The van der Waals surface area contributed by atoms with E-state index in [9.17, 15) is 24.9 Å².